The van der Waals surface area contributed by atoms with E-state index in [1.54, 1.807) is 7.11 Å². The normalized spacial score (nSPS) is 13.2. The van der Waals surface area contributed by atoms with Crippen LogP contribution in [0.2, 0.25) is 0 Å². The molecule has 0 saturated carbocycles. The van der Waals surface area contributed by atoms with Gasteiger partial charge in [-0.15, -0.1) is 0 Å². The van der Waals surface area contributed by atoms with Gasteiger partial charge < -0.3 is 10.1 Å². The second-order valence-corrected chi connectivity index (χ2v) is 6.41. The van der Waals surface area contributed by atoms with Gasteiger partial charge in [-0.3, -0.25) is 4.79 Å². The van der Waals surface area contributed by atoms with Crippen LogP contribution in [0, 0.1) is 5.92 Å². The molecule has 0 radical (unpaired) electrons. The highest BCUT2D eigenvalue weighted by molar-refractivity contribution is 7.89. The smallest absolute Gasteiger partial charge is 0.251 e. The molecule has 1 unspecified atom stereocenters. The fraction of sp³-hybridized carbons (Fsp3) is 0.462. The summed E-state index contributed by atoms with van der Waals surface area (Å²) in [6.45, 7) is 4.38. The molecule has 0 spiro atoms. The third kappa shape index (κ3) is 4.59. The summed E-state index contributed by atoms with van der Waals surface area (Å²) in [5.41, 5.74) is 0.374. The standard InChI is InChI=1S/C13H20N2O4S/c1-9(2)12(8-19-3)15-13(16)10-4-6-11(7-5-10)20(14,17)18/h4-7,9,12H,8H2,1-3H3,(H,15,16)(H2,14,17,18). The second kappa shape index (κ2) is 6.83. The Morgan fingerprint density at radius 3 is 2.25 bits per heavy atom. The molecule has 0 aliphatic carbocycles. The average Bonchev–Trinajstić information content (AvgIpc) is 2.37. The van der Waals surface area contributed by atoms with Gasteiger partial charge in [0.1, 0.15) is 0 Å². The highest BCUT2D eigenvalue weighted by Crippen LogP contribution is 2.10. The second-order valence-electron chi connectivity index (χ2n) is 4.85. The van der Waals surface area contributed by atoms with E-state index in [0.29, 0.717) is 12.2 Å². The van der Waals surface area contributed by atoms with E-state index in [9.17, 15) is 13.2 Å². The van der Waals surface area contributed by atoms with Gasteiger partial charge in [-0.1, -0.05) is 13.8 Å². The van der Waals surface area contributed by atoms with Gasteiger partial charge in [-0.25, -0.2) is 13.6 Å². The van der Waals surface area contributed by atoms with Crippen LogP contribution in [0.15, 0.2) is 29.2 Å². The molecule has 7 heteroatoms. The van der Waals surface area contributed by atoms with Crippen LogP contribution in [0.4, 0.5) is 0 Å². The SMILES string of the molecule is COCC(NC(=O)c1ccc(S(N)(=O)=O)cc1)C(C)C. The van der Waals surface area contributed by atoms with Crippen molar-refractivity contribution in [3.8, 4) is 0 Å². The molecule has 1 amide bonds. The van der Waals surface area contributed by atoms with Gasteiger partial charge in [0.2, 0.25) is 10.0 Å². The maximum Gasteiger partial charge on any atom is 0.251 e. The molecule has 0 saturated heterocycles. The molecular formula is C13H20N2O4S. The molecule has 0 bridgehead atoms. The van der Waals surface area contributed by atoms with E-state index in [1.807, 2.05) is 13.8 Å². The van der Waals surface area contributed by atoms with Gasteiger partial charge in [0, 0.05) is 12.7 Å². The predicted molar refractivity (Wildman–Crippen MR) is 75.8 cm³/mol. The predicted octanol–water partition coefficient (Wildman–Crippen LogP) is 0.735. The number of ether oxygens (including phenoxy) is 1. The number of primary sulfonamides is 1. The Labute approximate surface area is 119 Å². The van der Waals surface area contributed by atoms with Crippen LogP contribution in [0.5, 0.6) is 0 Å². The first-order valence-electron chi connectivity index (χ1n) is 6.18. The maximum absolute atomic E-state index is 12.0. The summed E-state index contributed by atoms with van der Waals surface area (Å²) < 4.78 is 27.3. The van der Waals surface area contributed by atoms with Crippen LogP contribution >= 0.6 is 0 Å². The largest absolute Gasteiger partial charge is 0.383 e. The molecule has 1 rings (SSSR count). The van der Waals surface area contributed by atoms with Gasteiger partial charge in [0.25, 0.3) is 5.91 Å². The molecule has 6 nitrogen and oxygen atoms in total. The number of benzene rings is 1. The number of amides is 1. The van der Waals surface area contributed by atoms with Crippen molar-refractivity contribution in [1.82, 2.24) is 5.32 Å². The van der Waals surface area contributed by atoms with Crippen LogP contribution in [0.25, 0.3) is 0 Å². The number of hydrogen-bond acceptors (Lipinski definition) is 4. The summed E-state index contributed by atoms with van der Waals surface area (Å²) in [6, 6.07) is 5.37. The Balaban J connectivity index is 2.82. The quantitative estimate of drug-likeness (QED) is 0.809. The molecule has 1 aromatic rings. The van der Waals surface area contributed by atoms with E-state index < -0.39 is 10.0 Å². The Morgan fingerprint density at radius 1 is 1.30 bits per heavy atom. The van der Waals surface area contributed by atoms with Crippen molar-refractivity contribution in [3.63, 3.8) is 0 Å². The van der Waals surface area contributed by atoms with E-state index in [2.05, 4.69) is 5.32 Å². The fourth-order valence-corrected chi connectivity index (χ4v) is 2.14. The van der Waals surface area contributed by atoms with Crippen LogP contribution in [0.1, 0.15) is 24.2 Å². The number of sulfonamides is 1. The van der Waals surface area contributed by atoms with E-state index in [1.165, 1.54) is 24.3 Å². The monoisotopic (exact) mass is 300 g/mol. The number of carbonyl (C=O) groups is 1. The molecule has 0 heterocycles. The number of hydrogen-bond donors (Lipinski definition) is 2. The van der Waals surface area contributed by atoms with Crippen molar-refractivity contribution >= 4 is 15.9 Å². The Hall–Kier alpha value is -1.44. The lowest BCUT2D eigenvalue weighted by molar-refractivity contribution is 0.0866. The van der Waals surface area contributed by atoms with Crippen LogP contribution in [-0.2, 0) is 14.8 Å². The highest BCUT2D eigenvalue weighted by Gasteiger charge is 2.17. The first-order valence-corrected chi connectivity index (χ1v) is 7.73. The molecule has 0 aromatic heterocycles. The molecule has 20 heavy (non-hydrogen) atoms. The van der Waals surface area contributed by atoms with Gasteiger partial charge >= 0.3 is 0 Å². The zero-order valence-corrected chi connectivity index (χ0v) is 12.6. The topological polar surface area (TPSA) is 98.5 Å². The summed E-state index contributed by atoms with van der Waals surface area (Å²) in [5.74, 6) is -0.0516. The van der Waals surface area contributed by atoms with E-state index in [0.717, 1.165) is 0 Å². The minimum absolute atomic E-state index is 0.0219. The van der Waals surface area contributed by atoms with Gasteiger partial charge in [-0.2, -0.15) is 0 Å². The minimum Gasteiger partial charge on any atom is -0.383 e. The van der Waals surface area contributed by atoms with Crippen LogP contribution in [0.3, 0.4) is 0 Å². The Morgan fingerprint density at radius 2 is 1.85 bits per heavy atom. The molecule has 0 aliphatic rings. The van der Waals surface area contributed by atoms with Crippen molar-refractivity contribution in [2.24, 2.45) is 11.1 Å². The summed E-state index contributed by atoms with van der Waals surface area (Å²) >= 11 is 0. The van der Waals surface area contributed by atoms with E-state index in [4.69, 9.17) is 9.88 Å². The van der Waals surface area contributed by atoms with E-state index >= 15 is 0 Å². The minimum atomic E-state index is -3.74. The number of rotatable bonds is 6. The first-order chi connectivity index (χ1) is 9.25. The lowest BCUT2D eigenvalue weighted by Crippen LogP contribution is -2.41. The van der Waals surface area contributed by atoms with Crippen molar-refractivity contribution in [2.45, 2.75) is 24.8 Å². The number of methoxy groups -OCH3 is 1. The molecule has 1 aromatic carbocycles. The third-order valence-electron chi connectivity index (χ3n) is 2.91. The Bertz CT molecular complexity index is 552. The zero-order chi connectivity index (χ0) is 15.3. The lowest BCUT2D eigenvalue weighted by atomic mass is 10.0. The average molecular weight is 300 g/mol. The summed E-state index contributed by atoms with van der Waals surface area (Å²) in [7, 11) is -2.17. The fourth-order valence-electron chi connectivity index (χ4n) is 1.63. The molecule has 1 atom stereocenters. The van der Waals surface area contributed by atoms with Gasteiger partial charge in [-0.05, 0) is 30.2 Å². The molecule has 0 aliphatic heterocycles. The summed E-state index contributed by atoms with van der Waals surface area (Å²) in [5, 5.41) is 7.85. The number of nitrogens with one attached hydrogen (secondary N) is 1. The summed E-state index contributed by atoms with van der Waals surface area (Å²) in [4.78, 5) is 12.0. The maximum atomic E-state index is 12.0. The molecule has 3 N–H and O–H groups in total. The molecule has 112 valence electrons. The van der Waals surface area contributed by atoms with Crippen molar-refractivity contribution in [2.75, 3.05) is 13.7 Å². The van der Waals surface area contributed by atoms with Crippen LogP contribution in [-0.4, -0.2) is 34.1 Å². The number of carbonyl (C=O) groups excluding carboxylic acids is 1. The third-order valence-corrected chi connectivity index (χ3v) is 3.84. The lowest BCUT2D eigenvalue weighted by Gasteiger charge is -2.21. The van der Waals surface area contributed by atoms with Gasteiger partial charge in [0.15, 0.2) is 0 Å². The van der Waals surface area contributed by atoms with Crippen molar-refractivity contribution < 1.29 is 17.9 Å². The molecular weight excluding hydrogens is 280 g/mol. The van der Waals surface area contributed by atoms with Crippen molar-refractivity contribution in [1.29, 1.82) is 0 Å². The number of nitrogens with two attached hydrogens (primary N) is 1. The van der Waals surface area contributed by atoms with Crippen LogP contribution < -0.4 is 10.5 Å². The van der Waals surface area contributed by atoms with E-state index in [-0.39, 0.29) is 22.8 Å². The molecule has 0 fully saturated rings. The highest BCUT2D eigenvalue weighted by atomic mass is 32.2. The van der Waals surface area contributed by atoms with Crippen molar-refractivity contribution in [3.05, 3.63) is 29.8 Å². The van der Waals surface area contributed by atoms with Gasteiger partial charge in [0.05, 0.1) is 17.5 Å². The first kappa shape index (κ1) is 16.6. The summed E-state index contributed by atoms with van der Waals surface area (Å²) in [6.07, 6.45) is 0. The zero-order valence-electron chi connectivity index (χ0n) is 11.8. The Kier molecular flexibility index (Phi) is 5.67.